The lowest BCUT2D eigenvalue weighted by Crippen LogP contribution is -2.30. The van der Waals surface area contributed by atoms with Crippen molar-refractivity contribution in [2.45, 2.75) is 13.8 Å². The SMILES string of the molecule is CC(C)CN(C)C(=O)c1ccc(Cl)c([N+](=O)[O-])c1. The molecule has 0 saturated carbocycles. The summed E-state index contributed by atoms with van der Waals surface area (Å²) in [7, 11) is 1.67. The lowest BCUT2D eigenvalue weighted by molar-refractivity contribution is -0.384. The number of halogens is 1. The highest BCUT2D eigenvalue weighted by molar-refractivity contribution is 6.32. The van der Waals surface area contributed by atoms with E-state index in [1.807, 2.05) is 13.8 Å². The second kappa shape index (κ2) is 5.82. The van der Waals surface area contributed by atoms with E-state index in [9.17, 15) is 14.9 Å². The number of rotatable bonds is 4. The number of carbonyl (C=O) groups excluding carboxylic acids is 1. The van der Waals surface area contributed by atoms with E-state index >= 15 is 0 Å². The smallest absolute Gasteiger partial charge is 0.288 e. The summed E-state index contributed by atoms with van der Waals surface area (Å²) in [6, 6.07) is 4.08. The van der Waals surface area contributed by atoms with Gasteiger partial charge in [0, 0.05) is 25.2 Å². The Morgan fingerprint density at radius 3 is 2.61 bits per heavy atom. The zero-order valence-corrected chi connectivity index (χ0v) is 11.3. The first-order valence-corrected chi connectivity index (χ1v) is 5.90. The van der Waals surface area contributed by atoms with Crippen molar-refractivity contribution in [2.24, 2.45) is 5.92 Å². The Morgan fingerprint density at radius 2 is 2.11 bits per heavy atom. The molecule has 0 N–H and O–H groups in total. The predicted octanol–water partition coefficient (Wildman–Crippen LogP) is 2.98. The summed E-state index contributed by atoms with van der Waals surface area (Å²) >= 11 is 5.69. The monoisotopic (exact) mass is 270 g/mol. The number of amides is 1. The molecule has 0 bridgehead atoms. The van der Waals surface area contributed by atoms with Gasteiger partial charge in [-0.3, -0.25) is 14.9 Å². The summed E-state index contributed by atoms with van der Waals surface area (Å²) < 4.78 is 0. The van der Waals surface area contributed by atoms with Crippen molar-refractivity contribution in [3.8, 4) is 0 Å². The molecular formula is C12H15ClN2O3. The molecule has 5 nitrogen and oxygen atoms in total. The molecule has 0 unspecified atom stereocenters. The fourth-order valence-electron chi connectivity index (χ4n) is 1.64. The second-order valence-corrected chi connectivity index (χ2v) is 4.91. The molecule has 0 atom stereocenters. The molecule has 98 valence electrons. The van der Waals surface area contributed by atoms with E-state index in [4.69, 9.17) is 11.6 Å². The number of benzene rings is 1. The van der Waals surface area contributed by atoms with Gasteiger partial charge in [-0.05, 0) is 18.1 Å². The van der Waals surface area contributed by atoms with Crippen LogP contribution in [0.4, 0.5) is 5.69 Å². The third-order valence-corrected chi connectivity index (χ3v) is 2.70. The second-order valence-electron chi connectivity index (χ2n) is 4.50. The molecule has 0 aliphatic carbocycles. The summed E-state index contributed by atoms with van der Waals surface area (Å²) in [6.45, 7) is 4.58. The van der Waals surface area contributed by atoms with Crippen molar-refractivity contribution in [1.82, 2.24) is 4.90 Å². The van der Waals surface area contributed by atoms with E-state index in [1.54, 1.807) is 7.05 Å². The molecule has 0 radical (unpaired) electrons. The number of hydrogen-bond acceptors (Lipinski definition) is 3. The van der Waals surface area contributed by atoms with Gasteiger partial charge in [0.25, 0.3) is 11.6 Å². The van der Waals surface area contributed by atoms with E-state index in [-0.39, 0.29) is 22.2 Å². The molecule has 0 aliphatic heterocycles. The molecule has 6 heteroatoms. The van der Waals surface area contributed by atoms with Crippen LogP contribution in [0.1, 0.15) is 24.2 Å². The Hall–Kier alpha value is -1.62. The molecule has 0 aliphatic rings. The van der Waals surface area contributed by atoms with E-state index in [1.165, 1.54) is 23.1 Å². The minimum Gasteiger partial charge on any atom is -0.341 e. The Bertz CT molecular complexity index is 474. The maximum absolute atomic E-state index is 12.0. The Labute approximate surface area is 110 Å². The number of nitro groups is 1. The van der Waals surface area contributed by atoms with Gasteiger partial charge in [0.15, 0.2) is 0 Å². The fraction of sp³-hybridized carbons (Fsp3) is 0.417. The summed E-state index contributed by atoms with van der Waals surface area (Å²) in [5.74, 6) is 0.0877. The van der Waals surface area contributed by atoms with Crippen LogP contribution in [0, 0.1) is 16.0 Å². The molecule has 1 aromatic carbocycles. The molecule has 1 rings (SSSR count). The molecule has 1 aromatic rings. The van der Waals surface area contributed by atoms with Gasteiger partial charge in [-0.2, -0.15) is 0 Å². The van der Waals surface area contributed by atoms with Crippen LogP contribution >= 0.6 is 11.6 Å². The van der Waals surface area contributed by atoms with Crippen molar-refractivity contribution in [3.63, 3.8) is 0 Å². The van der Waals surface area contributed by atoms with E-state index < -0.39 is 4.92 Å². The van der Waals surface area contributed by atoms with Gasteiger partial charge in [0.1, 0.15) is 5.02 Å². The predicted molar refractivity (Wildman–Crippen MR) is 69.9 cm³/mol. The van der Waals surface area contributed by atoms with Crippen molar-refractivity contribution in [3.05, 3.63) is 38.9 Å². The van der Waals surface area contributed by atoms with Gasteiger partial charge in [-0.1, -0.05) is 25.4 Å². The van der Waals surface area contributed by atoms with Crippen molar-refractivity contribution >= 4 is 23.2 Å². The Balaban J connectivity index is 3.00. The van der Waals surface area contributed by atoms with Gasteiger partial charge in [-0.15, -0.1) is 0 Å². The van der Waals surface area contributed by atoms with Crippen LogP contribution in [0.15, 0.2) is 18.2 Å². The molecule has 0 saturated heterocycles. The van der Waals surface area contributed by atoms with E-state index in [0.717, 1.165) is 0 Å². The minimum atomic E-state index is -0.596. The third-order valence-electron chi connectivity index (χ3n) is 2.38. The Morgan fingerprint density at radius 1 is 1.50 bits per heavy atom. The van der Waals surface area contributed by atoms with Crippen molar-refractivity contribution in [1.29, 1.82) is 0 Å². The lowest BCUT2D eigenvalue weighted by Gasteiger charge is -2.19. The standard InChI is InChI=1S/C12H15ClN2O3/c1-8(2)7-14(3)12(16)9-4-5-10(13)11(6-9)15(17)18/h4-6,8H,7H2,1-3H3. The maximum Gasteiger partial charge on any atom is 0.288 e. The molecule has 18 heavy (non-hydrogen) atoms. The average Bonchev–Trinajstić information content (AvgIpc) is 2.27. The summed E-state index contributed by atoms with van der Waals surface area (Å²) in [5.41, 5.74) is 0.0229. The molecule has 0 heterocycles. The third kappa shape index (κ3) is 3.43. The van der Waals surface area contributed by atoms with E-state index in [2.05, 4.69) is 0 Å². The van der Waals surface area contributed by atoms with Crippen LogP contribution in [-0.4, -0.2) is 29.3 Å². The first kappa shape index (κ1) is 14.4. The summed E-state index contributed by atoms with van der Waals surface area (Å²) in [6.07, 6.45) is 0. The van der Waals surface area contributed by atoms with Crippen LogP contribution in [0.2, 0.25) is 5.02 Å². The van der Waals surface area contributed by atoms with Gasteiger partial charge < -0.3 is 4.90 Å². The first-order chi connectivity index (χ1) is 8.32. The number of nitrogens with zero attached hydrogens (tertiary/aromatic N) is 2. The highest BCUT2D eigenvalue weighted by Gasteiger charge is 2.18. The highest BCUT2D eigenvalue weighted by Crippen LogP contribution is 2.25. The fourth-order valence-corrected chi connectivity index (χ4v) is 1.82. The zero-order chi connectivity index (χ0) is 13.9. The summed E-state index contributed by atoms with van der Waals surface area (Å²) in [4.78, 5) is 23.7. The topological polar surface area (TPSA) is 63.5 Å². The Kier molecular flexibility index (Phi) is 4.67. The van der Waals surface area contributed by atoms with E-state index in [0.29, 0.717) is 12.5 Å². The highest BCUT2D eigenvalue weighted by atomic mass is 35.5. The average molecular weight is 271 g/mol. The zero-order valence-electron chi connectivity index (χ0n) is 10.5. The van der Waals surface area contributed by atoms with Crippen molar-refractivity contribution < 1.29 is 9.72 Å². The normalized spacial score (nSPS) is 10.5. The maximum atomic E-state index is 12.0. The van der Waals surface area contributed by atoms with Crippen LogP contribution in [0.3, 0.4) is 0 Å². The van der Waals surface area contributed by atoms with Crippen molar-refractivity contribution in [2.75, 3.05) is 13.6 Å². The lowest BCUT2D eigenvalue weighted by atomic mass is 10.1. The number of nitro benzene ring substituents is 1. The number of hydrogen-bond donors (Lipinski definition) is 0. The molecule has 0 fully saturated rings. The van der Waals surface area contributed by atoms with Gasteiger partial charge in [0.05, 0.1) is 4.92 Å². The van der Waals surface area contributed by atoms with Gasteiger partial charge in [0.2, 0.25) is 0 Å². The molecule has 1 amide bonds. The van der Waals surface area contributed by atoms with Crippen LogP contribution < -0.4 is 0 Å². The molecular weight excluding hydrogens is 256 g/mol. The molecule has 0 spiro atoms. The molecule has 0 aromatic heterocycles. The summed E-state index contributed by atoms with van der Waals surface area (Å²) in [5, 5.41) is 10.8. The van der Waals surface area contributed by atoms with Gasteiger partial charge >= 0.3 is 0 Å². The van der Waals surface area contributed by atoms with Crippen LogP contribution in [0.25, 0.3) is 0 Å². The largest absolute Gasteiger partial charge is 0.341 e. The quantitative estimate of drug-likeness (QED) is 0.624. The van der Waals surface area contributed by atoms with Gasteiger partial charge in [-0.25, -0.2) is 0 Å². The van der Waals surface area contributed by atoms with Crippen LogP contribution in [0.5, 0.6) is 0 Å². The number of carbonyl (C=O) groups is 1. The minimum absolute atomic E-state index is 0.0306. The van der Waals surface area contributed by atoms with Crippen LogP contribution in [-0.2, 0) is 0 Å². The first-order valence-electron chi connectivity index (χ1n) is 5.52.